The first kappa shape index (κ1) is 15.2. The highest BCUT2D eigenvalue weighted by atomic mass is 16.5. The Bertz CT molecular complexity index is 743. The van der Waals surface area contributed by atoms with E-state index in [1.54, 1.807) is 12.1 Å². The van der Waals surface area contributed by atoms with E-state index < -0.39 is 0 Å². The Labute approximate surface area is 135 Å². The van der Waals surface area contributed by atoms with Gasteiger partial charge in [0.05, 0.1) is 19.8 Å². The molecule has 0 spiro atoms. The standard InChI is InChI=1S/C18H20N2O3/c1-22-16-10-14(19)9-15(17(16)23-2)18(21)20-8-7-12-5-3-4-6-13(12)11-20/h3-6,9-10H,7-8,11,19H2,1-2H3. The van der Waals surface area contributed by atoms with Crippen LogP contribution < -0.4 is 15.2 Å². The first-order valence-electron chi connectivity index (χ1n) is 7.51. The van der Waals surface area contributed by atoms with Crippen molar-refractivity contribution >= 4 is 11.6 Å². The van der Waals surface area contributed by atoms with Crippen LogP contribution in [0.25, 0.3) is 0 Å². The quantitative estimate of drug-likeness (QED) is 0.884. The minimum atomic E-state index is -0.0954. The number of nitrogens with two attached hydrogens (primary N) is 1. The van der Waals surface area contributed by atoms with Crippen molar-refractivity contribution in [3.63, 3.8) is 0 Å². The summed E-state index contributed by atoms with van der Waals surface area (Å²) >= 11 is 0. The fourth-order valence-electron chi connectivity index (χ4n) is 2.98. The fraction of sp³-hybridized carbons (Fsp3) is 0.278. The number of hydrogen-bond acceptors (Lipinski definition) is 4. The van der Waals surface area contributed by atoms with E-state index in [4.69, 9.17) is 15.2 Å². The number of rotatable bonds is 3. The van der Waals surface area contributed by atoms with E-state index in [1.807, 2.05) is 17.0 Å². The lowest BCUT2D eigenvalue weighted by atomic mass is 9.99. The molecule has 2 aromatic carbocycles. The van der Waals surface area contributed by atoms with Gasteiger partial charge in [-0.1, -0.05) is 24.3 Å². The molecule has 0 atom stereocenters. The molecule has 1 amide bonds. The summed E-state index contributed by atoms with van der Waals surface area (Å²) in [6, 6.07) is 11.5. The number of methoxy groups -OCH3 is 2. The number of carbonyl (C=O) groups is 1. The van der Waals surface area contributed by atoms with Crippen molar-refractivity contribution in [2.45, 2.75) is 13.0 Å². The molecule has 0 bridgehead atoms. The third-order valence-electron chi connectivity index (χ3n) is 4.15. The minimum absolute atomic E-state index is 0.0954. The van der Waals surface area contributed by atoms with E-state index >= 15 is 0 Å². The maximum Gasteiger partial charge on any atom is 0.258 e. The molecule has 23 heavy (non-hydrogen) atoms. The van der Waals surface area contributed by atoms with Gasteiger partial charge in [0.2, 0.25) is 0 Å². The van der Waals surface area contributed by atoms with Gasteiger partial charge in [-0.2, -0.15) is 0 Å². The van der Waals surface area contributed by atoms with Crippen molar-refractivity contribution < 1.29 is 14.3 Å². The third-order valence-corrected chi connectivity index (χ3v) is 4.15. The first-order chi connectivity index (χ1) is 11.1. The number of ether oxygens (including phenoxy) is 2. The number of hydrogen-bond donors (Lipinski definition) is 1. The lowest BCUT2D eigenvalue weighted by Crippen LogP contribution is -2.36. The Morgan fingerprint density at radius 1 is 1.13 bits per heavy atom. The average Bonchev–Trinajstić information content (AvgIpc) is 2.59. The van der Waals surface area contributed by atoms with Gasteiger partial charge in [0.1, 0.15) is 0 Å². The Balaban J connectivity index is 1.94. The SMILES string of the molecule is COc1cc(N)cc(C(=O)N2CCc3ccccc3C2)c1OC. The molecule has 5 heteroatoms. The van der Waals surface area contributed by atoms with Crippen LogP contribution >= 0.6 is 0 Å². The molecule has 120 valence electrons. The molecule has 2 N–H and O–H groups in total. The van der Waals surface area contributed by atoms with Gasteiger partial charge in [-0.25, -0.2) is 0 Å². The molecule has 1 heterocycles. The molecule has 3 rings (SSSR count). The van der Waals surface area contributed by atoms with Gasteiger partial charge in [0.15, 0.2) is 11.5 Å². The van der Waals surface area contributed by atoms with Crippen LogP contribution in [0.5, 0.6) is 11.5 Å². The average molecular weight is 312 g/mol. The highest BCUT2D eigenvalue weighted by Crippen LogP contribution is 2.35. The van der Waals surface area contributed by atoms with Crippen LogP contribution in [0.1, 0.15) is 21.5 Å². The lowest BCUT2D eigenvalue weighted by molar-refractivity contribution is 0.0730. The van der Waals surface area contributed by atoms with Crippen molar-refractivity contribution in [1.29, 1.82) is 0 Å². The van der Waals surface area contributed by atoms with Crippen molar-refractivity contribution in [3.05, 3.63) is 53.1 Å². The van der Waals surface area contributed by atoms with Crippen molar-refractivity contribution in [3.8, 4) is 11.5 Å². The van der Waals surface area contributed by atoms with Gasteiger partial charge in [-0.05, 0) is 23.6 Å². The van der Waals surface area contributed by atoms with E-state index in [-0.39, 0.29) is 5.91 Å². The lowest BCUT2D eigenvalue weighted by Gasteiger charge is -2.29. The summed E-state index contributed by atoms with van der Waals surface area (Å²) in [4.78, 5) is 14.8. The summed E-state index contributed by atoms with van der Waals surface area (Å²) in [6.07, 6.45) is 0.851. The number of amides is 1. The summed E-state index contributed by atoms with van der Waals surface area (Å²) in [7, 11) is 3.05. The highest BCUT2D eigenvalue weighted by Gasteiger charge is 2.26. The van der Waals surface area contributed by atoms with Crippen LogP contribution in [-0.4, -0.2) is 31.6 Å². The monoisotopic (exact) mass is 312 g/mol. The maximum absolute atomic E-state index is 12.9. The number of benzene rings is 2. The van der Waals surface area contributed by atoms with Crippen LogP contribution in [-0.2, 0) is 13.0 Å². The van der Waals surface area contributed by atoms with E-state index in [9.17, 15) is 4.79 Å². The first-order valence-corrected chi connectivity index (χ1v) is 7.51. The zero-order valence-electron chi connectivity index (χ0n) is 13.3. The summed E-state index contributed by atoms with van der Waals surface area (Å²) in [5.74, 6) is 0.792. The van der Waals surface area contributed by atoms with Gasteiger partial charge in [0, 0.05) is 24.8 Å². The summed E-state index contributed by atoms with van der Waals surface area (Å²) in [6.45, 7) is 1.27. The van der Waals surface area contributed by atoms with Gasteiger partial charge >= 0.3 is 0 Å². The number of nitrogens with zero attached hydrogens (tertiary/aromatic N) is 1. The molecule has 5 nitrogen and oxygen atoms in total. The minimum Gasteiger partial charge on any atom is -0.493 e. The highest BCUT2D eigenvalue weighted by molar-refractivity contribution is 5.99. The van der Waals surface area contributed by atoms with Crippen molar-refractivity contribution in [2.24, 2.45) is 0 Å². The molecule has 0 unspecified atom stereocenters. The molecule has 0 radical (unpaired) electrons. The fourth-order valence-corrected chi connectivity index (χ4v) is 2.98. The molecular weight excluding hydrogens is 292 g/mol. The van der Waals surface area contributed by atoms with Crippen LogP contribution in [0.2, 0.25) is 0 Å². The number of anilines is 1. The van der Waals surface area contributed by atoms with E-state index in [0.29, 0.717) is 35.8 Å². The topological polar surface area (TPSA) is 64.8 Å². The zero-order valence-corrected chi connectivity index (χ0v) is 13.3. The Morgan fingerprint density at radius 3 is 2.57 bits per heavy atom. The molecule has 0 aliphatic carbocycles. The van der Waals surface area contributed by atoms with Crippen LogP contribution in [0, 0.1) is 0 Å². The largest absolute Gasteiger partial charge is 0.493 e. The Hall–Kier alpha value is -2.69. The molecular formula is C18H20N2O3. The molecule has 2 aromatic rings. The predicted octanol–water partition coefficient (Wildman–Crippen LogP) is 2.48. The second kappa shape index (κ2) is 6.20. The summed E-state index contributed by atoms with van der Waals surface area (Å²) in [5.41, 5.74) is 9.29. The van der Waals surface area contributed by atoms with Crippen LogP contribution in [0.4, 0.5) is 5.69 Å². The van der Waals surface area contributed by atoms with Crippen LogP contribution in [0.15, 0.2) is 36.4 Å². The normalized spacial score (nSPS) is 13.4. The Kier molecular flexibility index (Phi) is 4.10. The van der Waals surface area contributed by atoms with Gasteiger partial charge < -0.3 is 20.1 Å². The second-order valence-electron chi connectivity index (χ2n) is 5.55. The Morgan fingerprint density at radius 2 is 1.87 bits per heavy atom. The zero-order chi connectivity index (χ0) is 16.4. The third kappa shape index (κ3) is 2.82. The van der Waals surface area contributed by atoms with Crippen molar-refractivity contribution in [1.82, 2.24) is 4.90 Å². The number of nitrogen functional groups attached to an aromatic ring is 1. The maximum atomic E-state index is 12.9. The molecule has 1 aliphatic heterocycles. The smallest absolute Gasteiger partial charge is 0.258 e. The van der Waals surface area contributed by atoms with E-state index in [2.05, 4.69) is 12.1 Å². The van der Waals surface area contributed by atoms with Gasteiger partial charge in [-0.3, -0.25) is 4.79 Å². The number of fused-ring (bicyclic) bond motifs is 1. The van der Waals surface area contributed by atoms with E-state index in [0.717, 1.165) is 6.42 Å². The summed E-state index contributed by atoms with van der Waals surface area (Å²) in [5, 5.41) is 0. The molecule has 0 saturated carbocycles. The molecule has 0 aromatic heterocycles. The van der Waals surface area contributed by atoms with Crippen LogP contribution in [0.3, 0.4) is 0 Å². The van der Waals surface area contributed by atoms with Crippen molar-refractivity contribution in [2.75, 3.05) is 26.5 Å². The molecule has 0 saturated heterocycles. The number of carbonyl (C=O) groups excluding carboxylic acids is 1. The van der Waals surface area contributed by atoms with Gasteiger partial charge in [-0.15, -0.1) is 0 Å². The van der Waals surface area contributed by atoms with E-state index in [1.165, 1.54) is 25.3 Å². The molecule has 0 fully saturated rings. The predicted molar refractivity (Wildman–Crippen MR) is 88.8 cm³/mol. The van der Waals surface area contributed by atoms with Gasteiger partial charge in [0.25, 0.3) is 5.91 Å². The molecule has 1 aliphatic rings. The second-order valence-corrected chi connectivity index (χ2v) is 5.55. The summed E-state index contributed by atoms with van der Waals surface area (Å²) < 4.78 is 10.7.